The Morgan fingerprint density at radius 3 is 2.85 bits per heavy atom. The molecule has 0 aliphatic carbocycles. The van der Waals surface area contributed by atoms with Crippen molar-refractivity contribution in [1.82, 2.24) is 10.3 Å². The maximum absolute atomic E-state index is 12.3. The molecule has 0 bridgehead atoms. The van der Waals surface area contributed by atoms with Crippen LogP contribution in [0.1, 0.15) is 23.3 Å². The summed E-state index contributed by atoms with van der Waals surface area (Å²) in [5, 5.41) is 4.89. The highest BCUT2D eigenvalue weighted by molar-refractivity contribution is 7.99. The molecule has 3 rings (SSSR count). The molecule has 0 spiro atoms. The average Bonchev–Trinajstić information content (AvgIpc) is 2.48. The van der Waals surface area contributed by atoms with E-state index in [1.54, 1.807) is 6.07 Å². The fourth-order valence-electron chi connectivity index (χ4n) is 2.44. The van der Waals surface area contributed by atoms with Crippen LogP contribution in [0.2, 0.25) is 0 Å². The van der Waals surface area contributed by atoms with Crippen molar-refractivity contribution in [2.24, 2.45) is 0 Å². The van der Waals surface area contributed by atoms with Gasteiger partial charge in [0.1, 0.15) is 11.5 Å². The second-order valence-electron chi connectivity index (χ2n) is 4.97. The number of rotatable bonds is 2. The molecule has 5 heteroatoms. The van der Waals surface area contributed by atoms with E-state index in [-0.39, 0.29) is 11.9 Å². The highest BCUT2D eigenvalue weighted by atomic mass is 32.2. The summed E-state index contributed by atoms with van der Waals surface area (Å²) >= 11 is 1.94. The Hall–Kier alpha value is -1.75. The second kappa shape index (κ2) is 5.71. The number of fused-ring (bicyclic) bond motifs is 1. The molecule has 1 aromatic heterocycles. The Kier molecular flexibility index (Phi) is 3.78. The van der Waals surface area contributed by atoms with Crippen molar-refractivity contribution in [3.05, 3.63) is 36.0 Å². The normalized spacial score (nSPS) is 16.2. The Balaban J connectivity index is 1.84. The van der Waals surface area contributed by atoms with Crippen LogP contribution < -0.4 is 11.1 Å². The summed E-state index contributed by atoms with van der Waals surface area (Å²) in [5.74, 6) is 2.50. The van der Waals surface area contributed by atoms with Crippen LogP contribution in [0.5, 0.6) is 0 Å². The number of aromatic nitrogens is 1. The van der Waals surface area contributed by atoms with Gasteiger partial charge < -0.3 is 11.1 Å². The van der Waals surface area contributed by atoms with Gasteiger partial charge in [-0.2, -0.15) is 11.8 Å². The number of nitrogen functional groups attached to an aromatic ring is 1. The number of carbonyl (C=O) groups excluding carboxylic acids is 1. The van der Waals surface area contributed by atoms with Crippen LogP contribution >= 0.6 is 11.8 Å². The smallest absolute Gasteiger partial charge is 0.270 e. The van der Waals surface area contributed by atoms with E-state index in [1.165, 1.54) is 0 Å². The highest BCUT2D eigenvalue weighted by Crippen LogP contribution is 2.21. The van der Waals surface area contributed by atoms with Gasteiger partial charge in [0.25, 0.3) is 5.91 Å². The van der Waals surface area contributed by atoms with Gasteiger partial charge in [0, 0.05) is 11.4 Å². The number of thioether (sulfide) groups is 1. The van der Waals surface area contributed by atoms with Gasteiger partial charge in [-0.25, -0.2) is 4.98 Å². The first kappa shape index (κ1) is 13.2. The summed E-state index contributed by atoms with van der Waals surface area (Å²) in [6.07, 6.45) is 2.05. The van der Waals surface area contributed by atoms with Gasteiger partial charge in [0.2, 0.25) is 0 Å². The molecule has 2 aromatic rings. The van der Waals surface area contributed by atoms with E-state index < -0.39 is 0 Å². The minimum Gasteiger partial charge on any atom is -0.383 e. The van der Waals surface area contributed by atoms with E-state index in [2.05, 4.69) is 10.3 Å². The quantitative estimate of drug-likeness (QED) is 0.890. The zero-order valence-electron chi connectivity index (χ0n) is 11.1. The number of pyridine rings is 1. The van der Waals surface area contributed by atoms with Crippen LogP contribution in [-0.4, -0.2) is 28.4 Å². The Labute approximate surface area is 122 Å². The van der Waals surface area contributed by atoms with Crippen molar-refractivity contribution in [2.45, 2.75) is 18.9 Å². The fraction of sp³-hybridized carbons (Fsp3) is 0.333. The number of hydrogen-bond acceptors (Lipinski definition) is 4. The van der Waals surface area contributed by atoms with E-state index in [0.717, 1.165) is 35.1 Å². The molecule has 20 heavy (non-hydrogen) atoms. The predicted octanol–water partition coefficient (Wildman–Crippen LogP) is 2.44. The lowest BCUT2D eigenvalue weighted by Gasteiger charge is -2.22. The molecule has 0 saturated carbocycles. The van der Waals surface area contributed by atoms with Gasteiger partial charge in [-0.05, 0) is 35.8 Å². The van der Waals surface area contributed by atoms with Crippen LogP contribution in [0.3, 0.4) is 0 Å². The van der Waals surface area contributed by atoms with Crippen LogP contribution in [-0.2, 0) is 0 Å². The van der Waals surface area contributed by atoms with Crippen LogP contribution in [0.15, 0.2) is 30.3 Å². The number of hydrogen-bond donors (Lipinski definition) is 2. The highest BCUT2D eigenvalue weighted by Gasteiger charge is 2.18. The molecule has 1 aliphatic rings. The van der Waals surface area contributed by atoms with E-state index in [4.69, 9.17) is 5.73 Å². The molecule has 0 atom stereocenters. The number of nitrogens with zero attached hydrogens (tertiary/aromatic N) is 1. The minimum atomic E-state index is -0.126. The first-order valence-electron chi connectivity index (χ1n) is 6.78. The van der Waals surface area contributed by atoms with Crippen LogP contribution in [0.25, 0.3) is 10.8 Å². The third kappa shape index (κ3) is 2.72. The Morgan fingerprint density at radius 1 is 1.30 bits per heavy atom. The van der Waals surface area contributed by atoms with E-state index in [9.17, 15) is 4.79 Å². The monoisotopic (exact) mass is 287 g/mol. The summed E-state index contributed by atoms with van der Waals surface area (Å²) in [4.78, 5) is 16.5. The Bertz CT molecular complexity index is 638. The van der Waals surface area contributed by atoms with Crippen LogP contribution in [0.4, 0.5) is 5.82 Å². The largest absolute Gasteiger partial charge is 0.383 e. The summed E-state index contributed by atoms with van der Waals surface area (Å²) in [5.41, 5.74) is 6.34. The molecule has 1 saturated heterocycles. The van der Waals surface area contributed by atoms with Crippen molar-refractivity contribution >= 4 is 34.3 Å². The molecule has 1 aromatic carbocycles. The number of benzene rings is 1. The fourth-order valence-corrected chi connectivity index (χ4v) is 3.55. The molecule has 1 fully saturated rings. The summed E-state index contributed by atoms with van der Waals surface area (Å²) in [7, 11) is 0. The van der Waals surface area contributed by atoms with Crippen molar-refractivity contribution in [2.75, 3.05) is 17.2 Å². The molecule has 104 valence electrons. The summed E-state index contributed by atoms with van der Waals surface area (Å²) in [6.45, 7) is 0. The Morgan fingerprint density at radius 2 is 2.05 bits per heavy atom. The number of nitrogens with one attached hydrogen (secondary N) is 1. The maximum atomic E-state index is 12.3. The standard InChI is InChI=1S/C15H17N3OS/c16-14-12-4-2-1-3-10(12)9-13(18-14)15(19)17-11-5-7-20-8-6-11/h1-4,9,11H,5-8H2,(H2,16,18)(H,17,19). The maximum Gasteiger partial charge on any atom is 0.270 e. The number of amides is 1. The van der Waals surface area contributed by atoms with Crippen molar-refractivity contribution in [3.8, 4) is 0 Å². The van der Waals surface area contributed by atoms with Gasteiger partial charge in [0.05, 0.1) is 0 Å². The third-order valence-corrected chi connectivity index (χ3v) is 4.61. The van der Waals surface area contributed by atoms with Crippen molar-refractivity contribution in [3.63, 3.8) is 0 Å². The SMILES string of the molecule is Nc1nc(C(=O)NC2CCSCC2)cc2ccccc12. The molecule has 0 unspecified atom stereocenters. The first-order valence-corrected chi connectivity index (χ1v) is 7.93. The van der Waals surface area contributed by atoms with Gasteiger partial charge in [-0.15, -0.1) is 0 Å². The van der Waals surface area contributed by atoms with Gasteiger partial charge in [0.15, 0.2) is 0 Å². The molecule has 3 N–H and O–H groups in total. The van der Waals surface area contributed by atoms with Gasteiger partial charge >= 0.3 is 0 Å². The number of carbonyl (C=O) groups is 1. The van der Waals surface area contributed by atoms with E-state index in [1.807, 2.05) is 36.0 Å². The predicted molar refractivity (Wildman–Crippen MR) is 84.0 cm³/mol. The lowest BCUT2D eigenvalue weighted by molar-refractivity contribution is 0.0930. The molecular weight excluding hydrogens is 270 g/mol. The third-order valence-electron chi connectivity index (χ3n) is 3.56. The minimum absolute atomic E-state index is 0.126. The first-order chi connectivity index (χ1) is 9.74. The number of anilines is 1. The molecule has 2 heterocycles. The lowest BCUT2D eigenvalue weighted by atomic mass is 10.1. The van der Waals surface area contributed by atoms with E-state index >= 15 is 0 Å². The molecule has 1 amide bonds. The number of nitrogens with two attached hydrogens (primary N) is 1. The summed E-state index contributed by atoms with van der Waals surface area (Å²) in [6, 6.07) is 9.78. The summed E-state index contributed by atoms with van der Waals surface area (Å²) < 4.78 is 0. The zero-order valence-corrected chi connectivity index (χ0v) is 12.0. The van der Waals surface area contributed by atoms with Crippen molar-refractivity contribution in [1.29, 1.82) is 0 Å². The van der Waals surface area contributed by atoms with Gasteiger partial charge in [-0.3, -0.25) is 4.79 Å². The molecule has 4 nitrogen and oxygen atoms in total. The van der Waals surface area contributed by atoms with Crippen molar-refractivity contribution < 1.29 is 4.79 Å². The second-order valence-corrected chi connectivity index (χ2v) is 6.20. The van der Waals surface area contributed by atoms with E-state index in [0.29, 0.717) is 11.5 Å². The zero-order chi connectivity index (χ0) is 13.9. The topological polar surface area (TPSA) is 68.0 Å². The average molecular weight is 287 g/mol. The lowest BCUT2D eigenvalue weighted by Crippen LogP contribution is -2.37. The van der Waals surface area contributed by atoms with Gasteiger partial charge in [-0.1, -0.05) is 24.3 Å². The van der Waals surface area contributed by atoms with Crippen LogP contribution in [0, 0.1) is 0 Å². The molecular formula is C15H17N3OS. The molecule has 0 radical (unpaired) electrons. The molecule has 1 aliphatic heterocycles.